The molecule has 4 nitrogen and oxygen atoms in total. The van der Waals surface area contributed by atoms with E-state index in [1.54, 1.807) is 32.0 Å². The van der Waals surface area contributed by atoms with Gasteiger partial charge >= 0.3 is 11.6 Å². The van der Waals surface area contributed by atoms with Gasteiger partial charge in [0.15, 0.2) is 0 Å². The summed E-state index contributed by atoms with van der Waals surface area (Å²) in [6.07, 6.45) is 0. The van der Waals surface area contributed by atoms with Crippen LogP contribution in [0.2, 0.25) is 0 Å². The van der Waals surface area contributed by atoms with E-state index in [1.807, 2.05) is 0 Å². The minimum atomic E-state index is -0.402. The molecular weight excluding hydrogens is 220 g/mol. The molecular formula is C13H12O4. The van der Waals surface area contributed by atoms with Gasteiger partial charge in [0.05, 0.1) is 12.2 Å². The van der Waals surface area contributed by atoms with Gasteiger partial charge in [0, 0.05) is 11.5 Å². The first-order valence-electron chi connectivity index (χ1n) is 5.33. The zero-order valence-corrected chi connectivity index (χ0v) is 9.65. The summed E-state index contributed by atoms with van der Waals surface area (Å²) in [6, 6.07) is 6.30. The Labute approximate surface area is 97.8 Å². The number of aryl methyl sites for hydroxylation is 1. The van der Waals surface area contributed by atoms with Crippen molar-refractivity contribution in [2.75, 3.05) is 6.61 Å². The first-order valence-corrected chi connectivity index (χ1v) is 5.33. The van der Waals surface area contributed by atoms with Gasteiger partial charge in [-0.1, -0.05) is 0 Å². The molecule has 0 saturated heterocycles. The van der Waals surface area contributed by atoms with Crippen molar-refractivity contribution in [1.29, 1.82) is 0 Å². The van der Waals surface area contributed by atoms with Crippen molar-refractivity contribution < 1.29 is 13.9 Å². The summed E-state index contributed by atoms with van der Waals surface area (Å²) >= 11 is 0. The molecule has 0 spiro atoms. The summed E-state index contributed by atoms with van der Waals surface area (Å²) in [7, 11) is 0. The van der Waals surface area contributed by atoms with Gasteiger partial charge in [-0.15, -0.1) is 0 Å². The number of rotatable bonds is 2. The zero-order valence-electron chi connectivity index (χ0n) is 9.65. The maximum Gasteiger partial charge on any atom is 0.338 e. The third kappa shape index (κ3) is 2.20. The highest BCUT2D eigenvalue weighted by Crippen LogP contribution is 2.19. The van der Waals surface area contributed by atoms with E-state index < -0.39 is 5.63 Å². The number of fused-ring (bicyclic) bond motifs is 1. The smallest absolute Gasteiger partial charge is 0.338 e. The maximum absolute atomic E-state index is 11.7. The molecule has 0 atom stereocenters. The number of carbonyl (C=O) groups is 1. The minimum Gasteiger partial charge on any atom is -0.462 e. The van der Waals surface area contributed by atoms with Crippen molar-refractivity contribution in [2.24, 2.45) is 0 Å². The molecule has 0 fully saturated rings. The fraction of sp³-hybridized carbons (Fsp3) is 0.231. The van der Waals surface area contributed by atoms with E-state index in [0.29, 0.717) is 23.1 Å². The fourth-order valence-electron chi connectivity index (χ4n) is 1.65. The molecule has 88 valence electrons. The van der Waals surface area contributed by atoms with Gasteiger partial charge in [-0.25, -0.2) is 9.59 Å². The number of esters is 1. The lowest BCUT2D eigenvalue weighted by molar-refractivity contribution is 0.0525. The van der Waals surface area contributed by atoms with E-state index in [2.05, 4.69) is 0 Å². The Bertz CT molecular complexity index is 625. The summed E-state index contributed by atoms with van der Waals surface area (Å²) in [5.74, 6) is -0.363. The third-order valence-corrected chi connectivity index (χ3v) is 2.46. The van der Waals surface area contributed by atoms with Crippen molar-refractivity contribution in [2.45, 2.75) is 13.8 Å². The lowest BCUT2D eigenvalue weighted by atomic mass is 10.1. The number of ether oxygens (including phenoxy) is 1. The average Bonchev–Trinajstić information content (AvgIpc) is 2.28. The molecule has 1 aromatic heterocycles. The summed E-state index contributed by atoms with van der Waals surface area (Å²) in [4.78, 5) is 22.7. The predicted octanol–water partition coefficient (Wildman–Crippen LogP) is 2.28. The maximum atomic E-state index is 11.7. The molecule has 0 unspecified atom stereocenters. The molecule has 4 heteroatoms. The standard InChI is InChI=1S/C13H12O4/c1-3-16-13(15)10-7-9-4-5-12(14)17-11(9)6-8(10)2/h4-7H,3H2,1-2H3. The fourth-order valence-corrected chi connectivity index (χ4v) is 1.65. The van der Waals surface area contributed by atoms with Crippen LogP contribution in [0.4, 0.5) is 0 Å². The van der Waals surface area contributed by atoms with Gasteiger partial charge < -0.3 is 9.15 Å². The van der Waals surface area contributed by atoms with E-state index in [1.165, 1.54) is 6.07 Å². The van der Waals surface area contributed by atoms with Gasteiger partial charge in [-0.2, -0.15) is 0 Å². The van der Waals surface area contributed by atoms with Gasteiger partial charge in [0.1, 0.15) is 5.58 Å². The molecule has 0 aliphatic rings. The second kappa shape index (κ2) is 4.41. The molecule has 1 aromatic carbocycles. The van der Waals surface area contributed by atoms with Crippen LogP contribution in [0.3, 0.4) is 0 Å². The number of hydrogen-bond acceptors (Lipinski definition) is 4. The van der Waals surface area contributed by atoms with Crippen LogP contribution >= 0.6 is 0 Å². The van der Waals surface area contributed by atoms with Crippen LogP contribution in [0.25, 0.3) is 11.0 Å². The van der Waals surface area contributed by atoms with Gasteiger partial charge in [0.25, 0.3) is 0 Å². The van der Waals surface area contributed by atoms with Crippen LogP contribution in [0.1, 0.15) is 22.8 Å². The van der Waals surface area contributed by atoms with E-state index in [0.717, 1.165) is 5.56 Å². The Kier molecular flexibility index (Phi) is 2.95. The highest BCUT2D eigenvalue weighted by atomic mass is 16.5. The van der Waals surface area contributed by atoms with Gasteiger partial charge in [0.2, 0.25) is 0 Å². The van der Waals surface area contributed by atoms with Crippen LogP contribution in [0, 0.1) is 6.92 Å². The molecule has 0 saturated carbocycles. The van der Waals surface area contributed by atoms with Crippen LogP contribution < -0.4 is 5.63 Å². The van der Waals surface area contributed by atoms with E-state index in [9.17, 15) is 9.59 Å². The number of carbonyl (C=O) groups excluding carboxylic acids is 1. The van der Waals surface area contributed by atoms with E-state index in [4.69, 9.17) is 9.15 Å². The first-order chi connectivity index (χ1) is 8.11. The number of hydrogen-bond donors (Lipinski definition) is 0. The third-order valence-electron chi connectivity index (χ3n) is 2.46. The van der Waals surface area contributed by atoms with Crippen LogP contribution in [-0.4, -0.2) is 12.6 Å². The highest BCUT2D eigenvalue weighted by molar-refractivity contribution is 5.95. The van der Waals surface area contributed by atoms with E-state index >= 15 is 0 Å². The zero-order chi connectivity index (χ0) is 12.4. The lowest BCUT2D eigenvalue weighted by Crippen LogP contribution is -2.07. The summed E-state index contributed by atoms with van der Waals surface area (Å²) in [6.45, 7) is 3.87. The van der Waals surface area contributed by atoms with Crippen LogP contribution in [0.15, 0.2) is 33.5 Å². The minimum absolute atomic E-state index is 0.334. The molecule has 0 radical (unpaired) electrons. The highest BCUT2D eigenvalue weighted by Gasteiger charge is 2.12. The molecule has 0 aliphatic heterocycles. The molecule has 0 aliphatic carbocycles. The number of benzene rings is 1. The van der Waals surface area contributed by atoms with Crippen molar-refractivity contribution in [1.82, 2.24) is 0 Å². The largest absolute Gasteiger partial charge is 0.462 e. The SMILES string of the molecule is CCOC(=O)c1cc2ccc(=O)oc2cc1C. The topological polar surface area (TPSA) is 56.5 Å². The molecule has 17 heavy (non-hydrogen) atoms. The predicted molar refractivity (Wildman–Crippen MR) is 63.2 cm³/mol. The Morgan fingerprint density at radius 3 is 2.82 bits per heavy atom. The molecule has 0 amide bonds. The average molecular weight is 232 g/mol. The summed E-state index contributed by atoms with van der Waals surface area (Å²) in [5.41, 5.74) is 1.29. The Morgan fingerprint density at radius 2 is 2.12 bits per heavy atom. The molecule has 2 rings (SSSR count). The normalized spacial score (nSPS) is 10.5. The van der Waals surface area contributed by atoms with Crippen molar-refractivity contribution in [3.63, 3.8) is 0 Å². The first kappa shape index (κ1) is 11.4. The Hall–Kier alpha value is -2.10. The lowest BCUT2D eigenvalue weighted by Gasteiger charge is -2.06. The van der Waals surface area contributed by atoms with Gasteiger partial charge in [-0.05, 0) is 37.6 Å². The molecule has 0 bridgehead atoms. The van der Waals surface area contributed by atoms with Crippen molar-refractivity contribution in [3.05, 3.63) is 45.8 Å². The van der Waals surface area contributed by atoms with Crippen LogP contribution in [0.5, 0.6) is 0 Å². The van der Waals surface area contributed by atoms with Crippen LogP contribution in [-0.2, 0) is 4.74 Å². The second-order valence-electron chi connectivity index (χ2n) is 3.68. The molecule has 2 aromatic rings. The quantitative estimate of drug-likeness (QED) is 0.588. The Morgan fingerprint density at radius 1 is 1.35 bits per heavy atom. The van der Waals surface area contributed by atoms with Crippen molar-refractivity contribution >= 4 is 16.9 Å². The Balaban J connectivity index is 2.59. The molecule has 1 heterocycles. The second-order valence-corrected chi connectivity index (χ2v) is 3.68. The van der Waals surface area contributed by atoms with E-state index in [-0.39, 0.29) is 5.97 Å². The van der Waals surface area contributed by atoms with Crippen molar-refractivity contribution in [3.8, 4) is 0 Å². The summed E-state index contributed by atoms with van der Waals surface area (Å²) < 4.78 is 9.98. The summed E-state index contributed by atoms with van der Waals surface area (Å²) in [5, 5.41) is 0.707. The molecule has 0 N–H and O–H groups in total. The monoisotopic (exact) mass is 232 g/mol. The van der Waals surface area contributed by atoms with Gasteiger partial charge in [-0.3, -0.25) is 0 Å².